The van der Waals surface area contributed by atoms with E-state index >= 15 is 0 Å². The Bertz CT molecular complexity index is 278. The molecule has 3 aliphatic rings. The highest BCUT2D eigenvalue weighted by Gasteiger charge is 2.58. The second-order valence-corrected chi connectivity index (χ2v) is 5.25. The van der Waals surface area contributed by atoms with Gasteiger partial charge in [-0.3, -0.25) is 0 Å². The standard InChI is InChI=1S/C12H18O2/c1-11(12(2)13-5-6-14-12)8-9-3-4-10(11)7-9/h3-4,9-10H,5-8H2,1-2H3/t9-,10+,11-/m1/s1. The van der Waals surface area contributed by atoms with Crippen LogP contribution in [0.4, 0.5) is 0 Å². The average Bonchev–Trinajstić information content (AvgIpc) is 2.79. The predicted molar refractivity (Wildman–Crippen MR) is 53.8 cm³/mol. The molecular weight excluding hydrogens is 176 g/mol. The lowest BCUT2D eigenvalue weighted by molar-refractivity contribution is -0.227. The summed E-state index contributed by atoms with van der Waals surface area (Å²) in [6.45, 7) is 5.96. The highest BCUT2D eigenvalue weighted by Crippen LogP contribution is 2.59. The first kappa shape index (κ1) is 8.93. The molecule has 2 nitrogen and oxygen atoms in total. The van der Waals surface area contributed by atoms with E-state index in [0.29, 0.717) is 5.92 Å². The third-order valence-electron chi connectivity index (χ3n) is 4.55. The van der Waals surface area contributed by atoms with Crippen molar-refractivity contribution in [3.05, 3.63) is 12.2 Å². The Morgan fingerprint density at radius 3 is 2.36 bits per heavy atom. The van der Waals surface area contributed by atoms with Gasteiger partial charge in [-0.2, -0.15) is 0 Å². The van der Waals surface area contributed by atoms with Crippen LogP contribution >= 0.6 is 0 Å². The first-order valence-electron chi connectivity index (χ1n) is 5.60. The van der Waals surface area contributed by atoms with Crippen molar-refractivity contribution in [3.8, 4) is 0 Å². The van der Waals surface area contributed by atoms with Crippen LogP contribution in [0.25, 0.3) is 0 Å². The third kappa shape index (κ3) is 0.934. The molecule has 1 saturated carbocycles. The summed E-state index contributed by atoms with van der Waals surface area (Å²) in [5.41, 5.74) is 0.197. The Morgan fingerprint density at radius 2 is 1.86 bits per heavy atom. The van der Waals surface area contributed by atoms with Gasteiger partial charge in [0.15, 0.2) is 5.79 Å². The summed E-state index contributed by atoms with van der Waals surface area (Å²) in [6.07, 6.45) is 7.26. The van der Waals surface area contributed by atoms with Gasteiger partial charge < -0.3 is 9.47 Å². The maximum absolute atomic E-state index is 5.82. The van der Waals surface area contributed by atoms with Crippen LogP contribution in [0.1, 0.15) is 26.7 Å². The molecule has 2 bridgehead atoms. The predicted octanol–water partition coefficient (Wildman–Crippen LogP) is 2.35. The quantitative estimate of drug-likeness (QED) is 0.596. The lowest BCUT2D eigenvalue weighted by Crippen LogP contribution is -2.47. The Kier molecular flexibility index (Phi) is 1.67. The SMILES string of the molecule is CC1([C@]2(C)C[C@@H]3C=C[C@H]2C3)OCCO1. The molecule has 1 saturated heterocycles. The van der Waals surface area contributed by atoms with Gasteiger partial charge in [0.2, 0.25) is 0 Å². The van der Waals surface area contributed by atoms with Crippen molar-refractivity contribution in [3.63, 3.8) is 0 Å². The molecule has 0 aromatic carbocycles. The van der Waals surface area contributed by atoms with Crippen molar-refractivity contribution >= 4 is 0 Å². The molecule has 0 N–H and O–H groups in total. The number of rotatable bonds is 1. The van der Waals surface area contributed by atoms with Crippen LogP contribution in [0.3, 0.4) is 0 Å². The van der Waals surface area contributed by atoms with E-state index in [1.165, 1.54) is 12.8 Å². The van der Waals surface area contributed by atoms with Crippen molar-refractivity contribution < 1.29 is 9.47 Å². The second kappa shape index (κ2) is 2.61. The normalized spacial score (nSPS) is 49.0. The summed E-state index contributed by atoms with van der Waals surface area (Å²) in [5, 5.41) is 0. The Labute approximate surface area is 85.3 Å². The molecule has 0 aromatic heterocycles. The maximum atomic E-state index is 5.82. The number of hydrogen-bond donors (Lipinski definition) is 0. The molecule has 1 heterocycles. The fourth-order valence-corrected chi connectivity index (χ4v) is 3.46. The fraction of sp³-hybridized carbons (Fsp3) is 0.833. The fourth-order valence-electron chi connectivity index (χ4n) is 3.46. The molecule has 2 aliphatic carbocycles. The van der Waals surface area contributed by atoms with E-state index in [9.17, 15) is 0 Å². The molecule has 78 valence electrons. The van der Waals surface area contributed by atoms with Crippen molar-refractivity contribution in [2.24, 2.45) is 17.3 Å². The molecule has 0 amide bonds. The minimum Gasteiger partial charge on any atom is -0.347 e. The second-order valence-electron chi connectivity index (χ2n) is 5.25. The molecule has 3 rings (SSSR count). The highest BCUT2D eigenvalue weighted by atomic mass is 16.7. The minimum atomic E-state index is -0.336. The van der Waals surface area contributed by atoms with Gasteiger partial charge in [0, 0.05) is 5.41 Å². The Morgan fingerprint density at radius 1 is 1.14 bits per heavy atom. The van der Waals surface area contributed by atoms with Gasteiger partial charge in [-0.25, -0.2) is 0 Å². The molecule has 0 spiro atoms. The topological polar surface area (TPSA) is 18.5 Å². The number of allylic oxidation sites excluding steroid dienone is 2. The molecular formula is C12H18O2. The van der Waals surface area contributed by atoms with Gasteiger partial charge in [0.1, 0.15) is 0 Å². The molecule has 0 aromatic rings. The molecule has 1 aliphatic heterocycles. The van der Waals surface area contributed by atoms with Gasteiger partial charge in [0.25, 0.3) is 0 Å². The summed E-state index contributed by atoms with van der Waals surface area (Å²) < 4.78 is 11.6. The van der Waals surface area contributed by atoms with Crippen molar-refractivity contribution in [1.82, 2.24) is 0 Å². The monoisotopic (exact) mass is 194 g/mol. The first-order chi connectivity index (χ1) is 6.64. The van der Waals surface area contributed by atoms with E-state index in [1.807, 2.05) is 0 Å². The largest absolute Gasteiger partial charge is 0.347 e. The Hall–Kier alpha value is -0.340. The van der Waals surface area contributed by atoms with Crippen LogP contribution in [-0.2, 0) is 9.47 Å². The van der Waals surface area contributed by atoms with Gasteiger partial charge >= 0.3 is 0 Å². The Balaban J connectivity index is 1.93. The van der Waals surface area contributed by atoms with E-state index in [-0.39, 0.29) is 11.2 Å². The summed E-state index contributed by atoms with van der Waals surface area (Å²) >= 11 is 0. The summed E-state index contributed by atoms with van der Waals surface area (Å²) in [6, 6.07) is 0. The number of ether oxygens (including phenoxy) is 2. The van der Waals surface area contributed by atoms with Crippen LogP contribution in [0, 0.1) is 17.3 Å². The van der Waals surface area contributed by atoms with E-state index in [1.54, 1.807) is 0 Å². The van der Waals surface area contributed by atoms with Crippen LogP contribution in [0.2, 0.25) is 0 Å². The smallest absolute Gasteiger partial charge is 0.171 e. The maximum Gasteiger partial charge on any atom is 0.171 e. The number of hydrogen-bond acceptors (Lipinski definition) is 2. The molecule has 2 fully saturated rings. The van der Waals surface area contributed by atoms with Crippen LogP contribution in [0.5, 0.6) is 0 Å². The molecule has 0 unspecified atom stereocenters. The van der Waals surface area contributed by atoms with E-state index in [0.717, 1.165) is 19.1 Å². The van der Waals surface area contributed by atoms with Gasteiger partial charge in [-0.05, 0) is 31.6 Å². The molecule has 14 heavy (non-hydrogen) atoms. The molecule has 2 heteroatoms. The van der Waals surface area contributed by atoms with Crippen LogP contribution in [0.15, 0.2) is 12.2 Å². The summed E-state index contributed by atoms with van der Waals surface area (Å²) in [5.74, 6) is 1.10. The highest BCUT2D eigenvalue weighted by molar-refractivity contribution is 5.17. The van der Waals surface area contributed by atoms with Gasteiger partial charge in [-0.15, -0.1) is 0 Å². The van der Waals surface area contributed by atoms with Crippen molar-refractivity contribution in [1.29, 1.82) is 0 Å². The van der Waals surface area contributed by atoms with E-state index in [4.69, 9.17) is 9.47 Å². The van der Waals surface area contributed by atoms with Crippen molar-refractivity contribution in [2.45, 2.75) is 32.5 Å². The lowest BCUT2D eigenvalue weighted by atomic mass is 9.71. The zero-order valence-electron chi connectivity index (χ0n) is 8.95. The van der Waals surface area contributed by atoms with Crippen LogP contribution in [-0.4, -0.2) is 19.0 Å². The van der Waals surface area contributed by atoms with Crippen molar-refractivity contribution in [2.75, 3.05) is 13.2 Å². The summed E-state index contributed by atoms with van der Waals surface area (Å²) in [4.78, 5) is 0. The van der Waals surface area contributed by atoms with Gasteiger partial charge in [-0.1, -0.05) is 19.1 Å². The van der Waals surface area contributed by atoms with Crippen LogP contribution < -0.4 is 0 Å². The summed E-state index contributed by atoms with van der Waals surface area (Å²) in [7, 11) is 0. The minimum absolute atomic E-state index is 0.197. The van der Waals surface area contributed by atoms with E-state index < -0.39 is 0 Å². The first-order valence-corrected chi connectivity index (χ1v) is 5.60. The number of fused-ring (bicyclic) bond motifs is 2. The average molecular weight is 194 g/mol. The molecule has 0 radical (unpaired) electrons. The third-order valence-corrected chi connectivity index (χ3v) is 4.55. The van der Waals surface area contributed by atoms with Gasteiger partial charge in [0.05, 0.1) is 13.2 Å². The van der Waals surface area contributed by atoms with E-state index in [2.05, 4.69) is 26.0 Å². The molecule has 3 atom stereocenters. The lowest BCUT2D eigenvalue weighted by Gasteiger charge is -2.43. The zero-order chi connectivity index (χ0) is 9.81. The zero-order valence-corrected chi connectivity index (χ0v) is 8.95.